The van der Waals surface area contributed by atoms with Gasteiger partial charge in [0.05, 0.1) is 28.7 Å². The van der Waals surface area contributed by atoms with E-state index in [-0.39, 0.29) is 11.7 Å². The zero-order valence-corrected chi connectivity index (χ0v) is 30.2. The van der Waals surface area contributed by atoms with Crippen molar-refractivity contribution in [2.24, 2.45) is 29.4 Å². The van der Waals surface area contributed by atoms with E-state index in [2.05, 4.69) is 45.1 Å². The molecular formula is C36H43F6N3O9. The zero-order chi connectivity index (χ0) is 41.6. The number of halogens is 6. The number of nitro benzene ring substituents is 1. The minimum Gasteiger partial charge on any atom is -0.481 e. The zero-order valence-electron chi connectivity index (χ0n) is 30.2. The Morgan fingerprint density at radius 2 is 1.20 bits per heavy atom. The highest BCUT2D eigenvalue weighted by atomic mass is 19.4. The molecule has 1 amide bonds. The minimum absolute atomic E-state index is 0.0957. The molecule has 0 aromatic heterocycles. The molecule has 18 heteroatoms. The molecule has 0 spiro atoms. The first-order valence-corrected chi connectivity index (χ1v) is 16.3. The number of carbonyl (C=O) groups is 4. The average Bonchev–Trinajstić information content (AvgIpc) is 3.10. The molecule has 3 rings (SSSR count). The molecule has 3 aromatic rings. The summed E-state index contributed by atoms with van der Waals surface area (Å²) in [4.78, 5) is 55.3. The number of carbonyl (C=O) groups excluding carboxylic acids is 3. The maximum atomic E-state index is 12.2. The molecule has 4 N–H and O–H groups in total. The summed E-state index contributed by atoms with van der Waals surface area (Å²) in [7, 11) is 0. The Morgan fingerprint density at radius 1 is 0.741 bits per heavy atom. The van der Waals surface area contributed by atoms with Crippen LogP contribution in [-0.4, -0.2) is 59.4 Å². The van der Waals surface area contributed by atoms with Gasteiger partial charge in [0, 0.05) is 24.1 Å². The number of nitrogens with one attached hydrogen (secondary N) is 1. The summed E-state index contributed by atoms with van der Waals surface area (Å²) in [5.41, 5.74) is 7.61. The van der Waals surface area contributed by atoms with Crippen molar-refractivity contribution >= 4 is 40.3 Å². The van der Waals surface area contributed by atoms with Gasteiger partial charge in [0.1, 0.15) is 0 Å². The number of nitrogens with zero attached hydrogens (tertiary/aromatic N) is 1. The normalized spacial score (nSPS) is 14.6. The first-order valence-electron chi connectivity index (χ1n) is 16.3. The Bertz CT molecular complexity index is 1710. The van der Waals surface area contributed by atoms with Gasteiger partial charge in [-0.2, -0.15) is 26.3 Å². The maximum Gasteiger partial charge on any atom is 0.422 e. The first-order chi connectivity index (χ1) is 24.9. The number of fused-ring (bicyclic) bond motifs is 1. The van der Waals surface area contributed by atoms with E-state index in [1.54, 1.807) is 6.92 Å². The Hall–Kier alpha value is -5.26. The van der Waals surface area contributed by atoms with E-state index in [9.17, 15) is 55.6 Å². The third-order valence-electron chi connectivity index (χ3n) is 8.08. The predicted molar refractivity (Wildman–Crippen MR) is 185 cm³/mol. The molecule has 0 aliphatic carbocycles. The molecule has 0 fully saturated rings. The number of ether oxygens (including phenoxy) is 2. The number of nitrogens with two attached hydrogens (primary N) is 1. The fourth-order valence-corrected chi connectivity index (χ4v) is 4.38. The van der Waals surface area contributed by atoms with Crippen molar-refractivity contribution in [1.82, 2.24) is 5.32 Å². The number of esters is 2. The van der Waals surface area contributed by atoms with E-state index in [1.807, 2.05) is 19.1 Å². The van der Waals surface area contributed by atoms with Crippen molar-refractivity contribution in [2.45, 2.75) is 66.0 Å². The highest BCUT2D eigenvalue weighted by Gasteiger charge is 2.34. The summed E-state index contributed by atoms with van der Waals surface area (Å²) in [5, 5.41) is 24.3. The van der Waals surface area contributed by atoms with Crippen LogP contribution in [0.3, 0.4) is 0 Å². The van der Waals surface area contributed by atoms with Crippen LogP contribution in [0.1, 0.15) is 64.8 Å². The van der Waals surface area contributed by atoms with Gasteiger partial charge in [-0.25, -0.2) is 0 Å². The van der Waals surface area contributed by atoms with Gasteiger partial charge in [0.15, 0.2) is 13.2 Å². The minimum atomic E-state index is -4.63. The van der Waals surface area contributed by atoms with Crippen LogP contribution in [0.2, 0.25) is 0 Å². The first kappa shape index (κ1) is 46.8. The average molecular weight is 776 g/mol. The van der Waals surface area contributed by atoms with E-state index in [1.165, 1.54) is 68.3 Å². The number of non-ortho nitro benzene ring substituents is 1. The van der Waals surface area contributed by atoms with Crippen molar-refractivity contribution in [1.29, 1.82) is 0 Å². The van der Waals surface area contributed by atoms with Gasteiger partial charge in [0.25, 0.3) is 5.69 Å². The van der Waals surface area contributed by atoms with Crippen LogP contribution >= 0.6 is 0 Å². The van der Waals surface area contributed by atoms with E-state index in [4.69, 9.17) is 10.8 Å². The van der Waals surface area contributed by atoms with Crippen LogP contribution < -0.4 is 11.1 Å². The van der Waals surface area contributed by atoms with E-state index in [0.717, 1.165) is 0 Å². The summed E-state index contributed by atoms with van der Waals surface area (Å²) in [6, 6.07) is 19.7. The topological polar surface area (TPSA) is 188 Å². The molecule has 298 valence electrons. The number of carboxylic acids is 1. The largest absolute Gasteiger partial charge is 0.481 e. The molecule has 0 saturated heterocycles. The van der Waals surface area contributed by atoms with Crippen molar-refractivity contribution in [3.05, 3.63) is 88.0 Å². The van der Waals surface area contributed by atoms with Gasteiger partial charge in [-0.05, 0) is 35.7 Å². The molecule has 0 bridgehead atoms. The molecule has 0 heterocycles. The summed E-state index contributed by atoms with van der Waals surface area (Å²) in [6.45, 7) is 5.39. The standard InChI is InChI=1S/C16H19F3N2O5.C12H13N.C8H11F3O4/c1-9(10(2)15(23)26-8-16(17,18)19)14(22)20-11(3)12-4-6-13(7-5-12)21(24)25;1-9(13)11-8-4-6-10-5-2-3-7-12(10)11;1-4(6(12)13)5(2)7(14)15-3-8(9,10)11/h4-7,9-11H,8H2,1-3H3,(H,20,22);2-9H,13H2,1H3;4-5H,3H2,1-2H3,(H,12,13)/t9-,10+,11-;9-;4-,5+/m111/s1. The number of benzene rings is 3. The summed E-state index contributed by atoms with van der Waals surface area (Å²) in [5.74, 6) is -8.26. The summed E-state index contributed by atoms with van der Waals surface area (Å²) < 4.78 is 79.2. The van der Waals surface area contributed by atoms with Crippen LogP contribution in [0.4, 0.5) is 32.0 Å². The number of hydrogen-bond donors (Lipinski definition) is 3. The lowest BCUT2D eigenvalue weighted by atomic mass is 9.94. The number of nitro groups is 1. The SMILES string of the molecule is C[C@@H](N)c1cccc2ccccc12.C[C@H](C(=O)OCC(F)(F)F)[C@@H](C)C(=O)N[C@H](C)c1ccc([N+](=O)[O-])cc1.C[C@H](C(=O)OCC(F)(F)F)[C@@H](C)C(=O)O. The number of aliphatic carboxylic acids is 1. The third kappa shape index (κ3) is 16.2. The predicted octanol–water partition coefficient (Wildman–Crippen LogP) is 7.46. The summed E-state index contributed by atoms with van der Waals surface area (Å²) in [6.07, 6.45) is -9.23. The molecule has 12 nitrogen and oxygen atoms in total. The van der Waals surface area contributed by atoms with Gasteiger partial charge in [-0.15, -0.1) is 0 Å². The number of hydrogen-bond acceptors (Lipinski definition) is 9. The quantitative estimate of drug-likeness (QED) is 0.0721. The smallest absolute Gasteiger partial charge is 0.422 e. The molecule has 54 heavy (non-hydrogen) atoms. The lowest BCUT2D eigenvalue weighted by Gasteiger charge is -2.21. The number of alkyl halides is 6. The van der Waals surface area contributed by atoms with Crippen molar-refractivity contribution in [2.75, 3.05) is 13.2 Å². The Balaban J connectivity index is 0.000000440. The molecule has 0 radical (unpaired) electrons. The van der Waals surface area contributed by atoms with E-state index < -0.39 is 84.0 Å². The lowest BCUT2D eigenvalue weighted by Crippen LogP contribution is -2.37. The van der Waals surface area contributed by atoms with Gasteiger partial charge in [0.2, 0.25) is 5.91 Å². The lowest BCUT2D eigenvalue weighted by molar-refractivity contribution is -0.384. The summed E-state index contributed by atoms with van der Waals surface area (Å²) >= 11 is 0. The molecule has 0 aliphatic heterocycles. The molecule has 0 unspecified atom stereocenters. The second-order valence-corrected chi connectivity index (χ2v) is 12.4. The Kier molecular flexibility index (Phi) is 18.0. The molecule has 0 aliphatic rings. The van der Waals surface area contributed by atoms with Crippen LogP contribution in [0, 0.1) is 33.8 Å². The van der Waals surface area contributed by atoms with E-state index in [0.29, 0.717) is 5.56 Å². The molecular weight excluding hydrogens is 732 g/mol. The Morgan fingerprint density at radius 3 is 1.65 bits per heavy atom. The highest BCUT2D eigenvalue weighted by molar-refractivity contribution is 5.86. The number of carboxylic acid groups (broad SMARTS) is 1. The molecule has 6 atom stereocenters. The second kappa shape index (κ2) is 20.8. The van der Waals surface area contributed by atoms with Gasteiger partial charge < -0.3 is 25.6 Å². The second-order valence-electron chi connectivity index (χ2n) is 12.4. The van der Waals surface area contributed by atoms with Crippen LogP contribution in [-0.2, 0) is 28.7 Å². The van der Waals surface area contributed by atoms with Crippen LogP contribution in [0.5, 0.6) is 0 Å². The third-order valence-corrected chi connectivity index (χ3v) is 8.08. The highest BCUT2D eigenvalue weighted by Crippen LogP contribution is 2.24. The molecule has 0 saturated carbocycles. The van der Waals surface area contributed by atoms with Gasteiger partial charge >= 0.3 is 30.3 Å². The van der Waals surface area contributed by atoms with Gasteiger partial charge in [-0.1, -0.05) is 82.3 Å². The number of rotatable bonds is 12. The number of amides is 1. The van der Waals surface area contributed by atoms with Crippen molar-refractivity contribution in [3.8, 4) is 0 Å². The van der Waals surface area contributed by atoms with E-state index >= 15 is 0 Å². The Labute approximate surface area is 307 Å². The maximum absolute atomic E-state index is 12.2. The van der Waals surface area contributed by atoms with Crippen molar-refractivity contribution < 1.29 is 65.0 Å². The monoisotopic (exact) mass is 775 g/mol. The van der Waals surface area contributed by atoms with Crippen LogP contribution in [0.25, 0.3) is 10.8 Å². The van der Waals surface area contributed by atoms with Crippen LogP contribution in [0.15, 0.2) is 66.7 Å². The van der Waals surface area contributed by atoms with Gasteiger partial charge in [-0.3, -0.25) is 29.3 Å². The molecule has 3 aromatic carbocycles. The van der Waals surface area contributed by atoms with Crippen molar-refractivity contribution in [3.63, 3.8) is 0 Å². The fourth-order valence-electron chi connectivity index (χ4n) is 4.38. The fraction of sp³-hybridized carbons (Fsp3) is 0.444.